The maximum absolute atomic E-state index is 12.7. The van der Waals surface area contributed by atoms with Crippen LogP contribution in [0.1, 0.15) is 43.7 Å². The third-order valence-corrected chi connectivity index (χ3v) is 5.70. The minimum atomic E-state index is -1.03. The standard InChI is InChI=1S/C24H28N2O5/c1-15(2)26(3)23(29)21(12-13-22(27)28)25-24(30)31-14-20-18-10-6-4-8-16(18)17-9-5-7-11-19(17)20/h4-11,15,20-21H,12-14H2,1-3H3,(H,25,30)(H,27,28). The van der Waals surface area contributed by atoms with Gasteiger partial charge in [0.05, 0.1) is 0 Å². The fourth-order valence-electron chi connectivity index (χ4n) is 3.81. The molecule has 0 bridgehead atoms. The summed E-state index contributed by atoms with van der Waals surface area (Å²) in [6, 6.07) is 15.0. The van der Waals surface area contributed by atoms with Crippen molar-refractivity contribution >= 4 is 18.0 Å². The van der Waals surface area contributed by atoms with E-state index in [-0.39, 0.29) is 37.3 Å². The van der Waals surface area contributed by atoms with Gasteiger partial charge in [-0.05, 0) is 42.5 Å². The zero-order valence-electron chi connectivity index (χ0n) is 18.0. The molecule has 2 N–H and O–H groups in total. The number of ether oxygens (including phenoxy) is 1. The number of benzene rings is 2. The van der Waals surface area contributed by atoms with Gasteiger partial charge in [0.2, 0.25) is 5.91 Å². The number of hydrogen-bond donors (Lipinski definition) is 2. The van der Waals surface area contributed by atoms with Crippen molar-refractivity contribution in [2.75, 3.05) is 13.7 Å². The van der Waals surface area contributed by atoms with E-state index in [9.17, 15) is 14.4 Å². The number of likely N-dealkylation sites (N-methyl/N-ethyl adjacent to an activating group) is 1. The summed E-state index contributed by atoms with van der Waals surface area (Å²) in [6.45, 7) is 3.82. The van der Waals surface area contributed by atoms with Gasteiger partial charge in [-0.25, -0.2) is 4.79 Å². The summed E-state index contributed by atoms with van der Waals surface area (Å²) >= 11 is 0. The molecule has 3 rings (SSSR count). The van der Waals surface area contributed by atoms with Crippen LogP contribution in [0.5, 0.6) is 0 Å². The molecule has 0 saturated carbocycles. The minimum absolute atomic E-state index is 0.00454. The lowest BCUT2D eigenvalue weighted by Crippen LogP contribution is -2.49. The molecule has 2 aromatic carbocycles. The Morgan fingerprint density at radius 1 is 1.03 bits per heavy atom. The number of carbonyl (C=O) groups is 3. The average molecular weight is 424 g/mol. The first kappa shape index (κ1) is 22.3. The molecule has 1 atom stereocenters. The van der Waals surface area contributed by atoms with E-state index >= 15 is 0 Å². The molecule has 0 spiro atoms. The summed E-state index contributed by atoms with van der Waals surface area (Å²) in [6.07, 6.45) is -0.968. The van der Waals surface area contributed by atoms with Gasteiger partial charge in [-0.3, -0.25) is 9.59 Å². The summed E-state index contributed by atoms with van der Waals surface area (Å²) in [7, 11) is 1.63. The second-order valence-corrected chi connectivity index (χ2v) is 8.00. The Bertz CT molecular complexity index is 926. The maximum atomic E-state index is 12.7. The SMILES string of the molecule is CC(C)N(C)C(=O)C(CCC(=O)O)NC(=O)OCC1c2ccccc2-c2ccccc21. The fraction of sp³-hybridized carbons (Fsp3) is 0.375. The van der Waals surface area contributed by atoms with Crippen molar-refractivity contribution in [1.82, 2.24) is 10.2 Å². The predicted molar refractivity (Wildman–Crippen MR) is 117 cm³/mol. The van der Waals surface area contributed by atoms with Crippen molar-refractivity contribution in [2.45, 2.75) is 44.7 Å². The summed E-state index contributed by atoms with van der Waals surface area (Å²) in [5.41, 5.74) is 4.43. The number of fused-ring (bicyclic) bond motifs is 3. The third kappa shape index (κ3) is 5.05. The van der Waals surface area contributed by atoms with Crippen LogP contribution >= 0.6 is 0 Å². The molecule has 0 saturated heterocycles. The summed E-state index contributed by atoms with van der Waals surface area (Å²) in [5, 5.41) is 11.6. The lowest BCUT2D eigenvalue weighted by molar-refractivity contribution is -0.138. The molecule has 0 aromatic heterocycles. The van der Waals surface area contributed by atoms with Crippen LogP contribution in [0.25, 0.3) is 11.1 Å². The summed E-state index contributed by atoms with van der Waals surface area (Å²) in [5.74, 6) is -1.46. The van der Waals surface area contributed by atoms with Gasteiger partial charge in [0.1, 0.15) is 12.6 Å². The number of alkyl carbamates (subject to hydrolysis) is 1. The average Bonchev–Trinajstić information content (AvgIpc) is 3.07. The first-order valence-corrected chi connectivity index (χ1v) is 10.4. The highest BCUT2D eigenvalue weighted by Gasteiger charge is 2.30. The van der Waals surface area contributed by atoms with Gasteiger partial charge >= 0.3 is 12.1 Å². The molecule has 7 heteroatoms. The topological polar surface area (TPSA) is 95.9 Å². The fourth-order valence-corrected chi connectivity index (χ4v) is 3.81. The van der Waals surface area contributed by atoms with E-state index in [0.717, 1.165) is 22.3 Å². The van der Waals surface area contributed by atoms with Crippen LogP contribution in [0.15, 0.2) is 48.5 Å². The lowest BCUT2D eigenvalue weighted by Gasteiger charge is -2.27. The highest BCUT2D eigenvalue weighted by atomic mass is 16.5. The van der Waals surface area contributed by atoms with Gasteiger partial charge in [-0.1, -0.05) is 48.5 Å². The van der Waals surface area contributed by atoms with E-state index in [4.69, 9.17) is 9.84 Å². The van der Waals surface area contributed by atoms with E-state index in [0.29, 0.717) is 0 Å². The maximum Gasteiger partial charge on any atom is 0.407 e. The molecule has 2 amide bonds. The number of aliphatic carboxylic acids is 1. The second kappa shape index (κ2) is 9.64. The minimum Gasteiger partial charge on any atom is -0.481 e. The van der Waals surface area contributed by atoms with E-state index in [1.54, 1.807) is 7.05 Å². The zero-order valence-corrected chi connectivity index (χ0v) is 18.0. The molecule has 2 aromatic rings. The first-order chi connectivity index (χ1) is 14.8. The number of nitrogens with zero attached hydrogens (tertiary/aromatic N) is 1. The van der Waals surface area contributed by atoms with Crippen molar-refractivity contribution < 1.29 is 24.2 Å². The molecule has 0 fully saturated rings. The van der Waals surface area contributed by atoms with Crippen LogP contribution in [0.4, 0.5) is 4.79 Å². The zero-order chi connectivity index (χ0) is 22.5. The van der Waals surface area contributed by atoms with E-state index in [1.165, 1.54) is 4.90 Å². The number of hydrogen-bond acceptors (Lipinski definition) is 4. The molecule has 164 valence electrons. The highest BCUT2D eigenvalue weighted by Crippen LogP contribution is 2.44. The largest absolute Gasteiger partial charge is 0.481 e. The molecular weight excluding hydrogens is 396 g/mol. The number of carboxylic acids is 1. The molecular formula is C24H28N2O5. The van der Waals surface area contributed by atoms with Crippen LogP contribution in [0.3, 0.4) is 0 Å². The number of carboxylic acid groups (broad SMARTS) is 1. The quantitative estimate of drug-likeness (QED) is 0.675. The van der Waals surface area contributed by atoms with Crippen LogP contribution in [-0.4, -0.2) is 53.7 Å². The first-order valence-electron chi connectivity index (χ1n) is 10.4. The Balaban J connectivity index is 1.69. The van der Waals surface area contributed by atoms with Crippen LogP contribution < -0.4 is 5.32 Å². The molecule has 1 aliphatic rings. The molecule has 0 radical (unpaired) electrons. The van der Waals surface area contributed by atoms with E-state index in [2.05, 4.69) is 17.4 Å². The van der Waals surface area contributed by atoms with Crippen molar-refractivity contribution in [3.63, 3.8) is 0 Å². The molecule has 0 aliphatic heterocycles. The second-order valence-electron chi connectivity index (χ2n) is 8.00. The molecule has 31 heavy (non-hydrogen) atoms. The van der Waals surface area contributed by atoms with Crippen LogP contribution in [-0.2, 0) is 14.3 Å². The van der Waals surface area contributed by atoms with Gasteiger partial charge in [-0.2, -0.15) is 0 Å². The van der Waals surface area contributed by atoms with Crippen LogP contribution in [0, 0.1) is 0 Å². The van der Waals surface area contributed by atoms with Crippen molar-refractivity contribution in [1.29, 1.82) is 0 Å². The van der Waals surface area contributed by atoms with Crippen molar-refractivity contribution in [3.8, 4) is 11.1 Å². The molecule has 1 aliphatic carbocycles. The number of amides is 2. The third-order valence-electron chi connectivity index (χ3n) is 5.70. The van der Waals surface area contributed by atoms with Gasteiger partial charge in [0.15, 0.2) is 0 Å². The predicted octanol–water partition coefficient (Wildman–Crippen LogP) is 3.63. The van der Waals surface area contributed by atoms with E-state index in [1.807, 2.05) is 50.2 Å². The van der Waals surface area contributed by atoms with E-state index < -0.39 is 18.1 Å². The Hall–Kier alpha value is -3.35. The Morgan fingerprint density at radius 2 is 1.58 bits per heavy atom. The normalized spacial score (nSPS) is 13.3. The smallest absolute Gasteiger partial charge is 0.407 e. The van der Waals surface area contributed by atoms with Crippen molar-refractivity contribution in [2.24, 2.45) is 0 Å². The molecule has 1 unspecified atom stereocenters. The Morgan fingerprint density at radius 3 is 2.10 bits per heavy atom. The van der Waals surface area contributed by atoms with Crippen molar-refractivity contribution in [3.05, 3.63) is 59.7 Å². The summed E-state index contributed by atoms with van der Waals surface area (Å²) in [4.78, 5) is 37.7. The van der Waals surface area contributed by atoms with Gasteiger partial charge < -0.3 is 20.1 Å². The van der Waals surface area contributed by atoms with Gasteiger partial charge in [0, 0.05) is 25.4 Å². The monoisotopic (exact) mass is 424 g/mol. The Labute approximate surface area is 182 Å². The number of carbonyl (C=O) groups excluding carboxylic acids is 2. The molecule has 7 nitrogen and oxygen atoms in total. The van der Waals surface area contributed by atoms with Crippen LogP contribution in [0.2, 0.25) is 0 Å². The van der Waals surface area contributed by atoms with Gasteiger partial charge in [-0.15, -0.1) is 0 Å². The summed E-state index contributed by atoms with van der Waals surface area (Å²) < 4.78 is 5.50. The lowest BCUT2D eigenvalue weighted by atomic mass is 9.98. The number of nitrogens with one attached hydrogen (secondary N) is 1. The van der Waals surface area contributed by atoms with Gasteiger partial charge in [0.25, 0.3) is 0 Å². The molecule has 0 heterocycles. The Kier molecular flexibility index (Phi) is 6.95. The highest BCUT2D eigenvalue weighted by molar-refractivity contribution is 5.86. The number of rotatable bonds is 8.